The van der Waals surface area contributed by atoms with Crippen LogP contribution in [0.5, 0.6) is 0 Å². The lowest BCUT2D eigenvalue weighted by atomic mass is 10.3. The zero-order valence-corrected chi connectivity index (χ0v) is 12.0. The van der Waals surface area contributed by atoms with Gasteiger partial charge in [-0.25, -0.2) is 14.2 Å². The van der Waals surface area contributed by atoms with Crippen LogP contribution in [0.25, 0.3) is 5.82 Å². The number of rotatable bonds is 5. The van der Waals surface area contributed by atoms with Crippen molar-refractivity contribution in [3.8, 4) is 5.82 Å². The lowest BCUT2D eigenvalue weighted by Gasteiger charge is -2.06. The van der Waals surface area contributed by atoms with Gasteiger partial charge < -0.3 is 10.5 Å². The molecular formula is C13H19N5O2. The van der Waals surface area contributed by atoms with Crippen molar-refractivity contribution in [2.75, 3.05) is 12.3 Å². The summed E-state index contributed by atoms with van der Waals surface area (Å²) in [5.41, 5.74) is 7.76. The van der Waals surface area contributed by atoms with Crippen molar-refractivity contribution in [3.05, 3.63) is 23.7 Å². The van der Waals surface area contributed by atoms with Crippen LogP contribution in [-0.4, -0.2) is 32.1 Å². The Morgan fingerprint density at radius 1 is 1.45 bits per heavy atom. The van der Waals surface area contributed by atoms with E-state index in [2.05, 4.69) is 17.1 Å². The van der Waals surface area contributed by atoms with Gasteiger partial charge in [-0.05, 0) is 20.3 Å². The first-order chi connectivity index (χ1) is 9.58. The molecule has 20 heavy (non-hydrogen) atoms. The summed E-state index contributed by atoms with van der Waals surface area (Å²) < 4.78 is 8.31. The Balaban J connectivity index is 2.39. The molecule has 0 aromatic carbocycles. The predicted octanol–water partition coefficient (Wildman–Crippen LogP) is 1.55. The van der Waals surface area contributed by atoms with Gasteiger partial charge in [0, 0.05) is 12.7 Å². The van der Waals surface area contributed by atoms with Crippen LogP contribution in [0.3, 0.4) is 0 Å². The smallest absolute Gasteiger partial charge is 0.341 e. The molecule has 0 bridgehead atoms. The number of carbonyl (C=O) groups is 1. The monoisotopic (exact) mass is 277 g/mol. The number of esters is 1. The van der Waals surface area contributed by atoms with E-state index in [0.29, 0.717) is 23.7 Å². The van der Waals surface area contributed by atoms with Gasteiger partial charge in [0.15, 0.2) is 5.82 Å². The van der Waals surface area contributed by atoms with E-state index in [1.807, 2.05) is 6.92 Å². The third-order valence-electron chi connectivity index (χ3n) is 2.89. The van der Waals surface area contributed by atoms with Crippen LogP contribution < -0.4 is 5.73 Å². The Hall–Kier alpha value is -2.31. The summed E-state index contributed by atoms with van der Waals surface area (Å²) in [7, 11) is 0. The molecule has 0 spiro atoms. The van der Waals surface area contributed by atoms with Gasteiger partial charge in [-0.15, -0.1) is 0 Å². The lowest BCUT2D eigenvalue weighted by Crippen LogP contribution is -2.09. The van der Waals surface area contributed by atoms with Crippen LogP contribution in [0.2, 0.25) is 0 Å². The molecule has 0 aliphatic carbocycles. The number of aryl methyl sites for hydroxylation is 2. The fraction of sp³-hybridized carbons (Fsp3) is 0.462. The Morgan fingerprint density at radius 2 is 2.20 bits per heavy atom. The molecule has 2 N–H and O–H groups in total. The maximum atomic E-state index is 11.7. The van der Waals surface area contributed by atoms with Crippen LogP contribution in [-0.2, 0) is 11.3 Å². The number of carbonyl (C=O) groups excluding carboxylic acids is 1. The summed E-state index contributed by atoms with van der Waals surface area (Å²) in [4.78, 5) is 11.7. The minimum absolute atomic E-state index is 0.332. The first-order valence-corrected chi connectivity index (χ1v) is 6.63. The second kappa shape index (κ2) is 5.77. The van der Waals surface area contributed by atoms with Crippen LogP contribution in [0, 0.1) is 6.92 Å². The highest BCUT2D eigenvalue weighted by molar-refractivity contribution is 5.88. The van der Waals surface area contributed by atoms with E-state index in [1.54, 1.807) is 22.5 Å². The molecule has 0 saturated carbocycles. The number of nitrogen functional groups attached to an aromatic ring is 1. The summed E-state index contributed by atoms with van der Waals surface area (Å²) in [5.74, 6) is 0.287. The first-order valence-electron chi connectivity index (χ1n) is 6.63. The minimum atomic E-state index is -0.393. The topological polar surface area (TPSA) is 88.0 Å². The second-order valence-corrected chi connectivity index (χ2v) is 4.44. The van der Waals surface area contributed by atoms with Crippen molar-refractivity contribution in [2.45, 2.75) is 33.7 Å². The van der Waals surface area contributed by atoms with Crippen molar-refractivity contribution in [1.82, 2.24) is 19.6 Å². The SMILES string of the molecule is CCCn1nc(C)c(N)c1-n1cc(C(=O)OCC)cn1. The zero-order chi connectivity index (χ0) is 14.7. The highest BCUT2D eigenvalue weighted by Crippen LogP contribution is 2.21. The van der Waals surface area contributed by atoms with E-state index >= 15 is 0 Å². The number of nitrogens with two attached hydrogens (primary N) is 1. The maximum absolute atomic E-state index is 11.7. The molecule has 2 rings (SSSR count). The minimum Gasteiger partial charge on any atom is -0.462 e. The zero-order valence-electron chi connectivity index (χ0n) is 12.0. The van der Waals surface area contributed by atoms with Gasteiger partial charge in [0.1, 0.15) is 0 Å². The van der Waals surface area contributed by atoms with Crippen molar-refractivity contribution < 1.29 is 9.53 Å². The Labute approximate surface area is 117 Å². The predicted molar refractivity (Wildman–Crippen MR) is 74.7 cm³/mol. The Morgan fingerprint density at radius 3 is 2.85 bits per heavy atom. The normalized spacial score (nSPS) is 10.8. The van der Waals surface area contributed by atoms with Crippen LogP contribution in [0.4, 0.5) is 5.69 Å². The number of hydrogen-bond donors (Lipinski definition) is 1. The molecule has 2 aromatic rings. The van der Waals surface area contributed by atoms with Gasteiger partial charge in [-0.3, -0.25) is 0 Å². The van der Waals surface area contributed by atoms with Gasteiger partial charge >= 0.3 is 5.97 Å². The van der Waals surface area contributed by atoms with Crippen LogP contribution >= 0.6 is 0 Å². The van der Waals surface area contributed by atoms with Crippen molar-refractivity contribution in [1.29, 1.82) is 0 Å². The van der Waals surface area contributed by atoms with E-state index < -0.39 is 5.97 Å². The van der Waals surface area contributed by atoms with E-state index in [0.717, 1.165) is 18.7 Å². The molecule has 0 saturated heterocycles. The van der Waals surface area contributed by atoms with E-state index in [4.69, 9.17) is 10.5 Å². The van der Waals surface area contributed by atoms with Crippen LogP contribution in [0.1, 0.15) is 36.3 Å². The van der Waals surface area contributed by atoms with Crippen molar-refractivity contribution in [3.63, 3.8) is 0 Å². The molecule has 0 aliphatic heterocycles. The molecule has 0 radical (unpaired) electrons. The summed E-state index contributed by atoms with van der Waals surface area (Å²) in [6.07, 6.45) is 4.01. The average Bonchev–Trinajstić information content (AvgIpc) is 2.97. The number of ether oxygens (including phenoxy) is 1. The van der Waals surface area contributed by atoms with Gasteiger partial charge in [0.25, 0.3) is 0 Å². The molecular weight excluding hydrogens is 258 g/mol. The summed E-state index contributed by atoms with van der Waals surface area (Å²) in [6.45, 7) is 6.74. The van der Waals surface area contributed by atoms with E-state index in [-0.39, 0.29) is 0 Å². The largest absolute Gasteiger partial charge is 0.462 e. The average molecular weight is 277 g/mol. The molecule has 2 aromatic heterocycles. The third-order valence-corrected chi connectivity index (χ3v) is 2.89. The first kappa shape index (κ1) is 14.1. The highest BCUT2D eigenvalue weighted by Gasteiger charge is 2.17. The molecule has 0 atom stereocenters. The summed E-state index contributed by atoms with van der Waals surface area (Å²) in [6, 6.07) is 0. The molecule has 2 heterocycles. The quantitative estimate of drug-likeness (QED) is 0.838. The number of hydrogen-bond acceptors (Lipinski definition) is 5. The van der Waals surface area contributed by atoms with Crippen molar-refractivity contribution in [2.24, 2.45) is 0 Å². The summed E-state index contributed by atoms with van der Waals surface area (Å²) in [5, 5.41) is 8.56. The van der Waals surface area contributed by atoms with Gasteiger partial charge in [-0.1, -0.05) is 6.92 Å². The highest BCUT2D eigenvalue weighted by atomic mass is 16.5. The molecule has 7 heteroatoms. The van der Waals surface area contributed by atoms with Crippen LogP contribution in [0.15, 0.2) is 12.4 Å². The second-order valence-electron chi connectivity index (χ2n) is 4.44. The lowest BCUT2D eigenvalue weighted by molar-refractivity contribution is 0.0526. The van der Waals surface area contributed by atoms with E-state index in [1.165, 1.54) is 6.20 Å². The molecule has 7 nitrogen and oxygen atoms in total. The Bertz CT molecular complexity index is 614. The molecule has 0 amide bonds. The molecule has 108 valence electrons. The molecule has 0 aliphatic rings. The van der Waals surface area contributed by atoms with Crippen molar-refractivity contribution >= 4 is 11.7 Å². The standard InChI is InChI=1S/C13H19N5O2/c1-4-6-17-12(11(14)9(3)16-17)18-8-10(7-15-18)13(19)20-5-2/h7-8H,4-6,14H2,1-3H3. The molecule has 0 unspecified atom stereocenters. The fourth-order valence-corrected chi connectivity index (χ4v) is 1.95. The number of nitrogens with zero attached hydrogens (tertiary/aromatic N) is 4. The Kier molecular flexibility index (Phi) is 4.07. The van der Waals surface area contributed by atoms with Gasteiger partial charge in [-0.2, -0.15) is 10.2 Å². The van der Waals surface area contributed by atoms with Gasteiger partial charge in [0.2, 0.25) is 0 Å². The number of aromatic nitrogens is 4. The van der Waals surface area contributed by atoms with E-state index in [9.17, 15) is 4.79 Å². The third kappa shape index (κ3) is 2.52. The van der Waals surface area contributed by atoms with Gasteiger partial charge in [0.05, 0.1) is 29.7 Å². The molecule has 0 fully saturated rings. The summed E-state index contributed by atoms with van der Waals surface area (Å²) >= 11 is 0. The maximum Gasteiger partial charge on any atom is 0.341 e. The fourth-order valence-electron chi connectivity index (χ4n) is 1.95. The number of anilines is 1.